The molecule has 18 heavy (non-hydrogen) atoms. The Balaban J connectivity index is 2.37. The monoisotopic (exact) mass is 283 g/mol. The van der Waals surface area contributed by atoms with Crippen molar-refractivity contribution >= 4 is 27.3 Å². The summed E-state index contributed by atoms with van der Waals surface area (Å²) in [6, 6.07) is 5.96. The van der Waals surface area contributed by atoms with Gasteiger partial charge in [0.25, 0.3) is 10.0 Å². The highest BCUT2D eigenvalue weighted by Gasteiger charge is 2.15. The van der Waals surface area contributed by atoms with Gasteiger partial charge in [0.2, 0.25) is 0 Å². The van der Waals surface area contributed by atoms with E-state index in [1.165, 1.54) is 18.3 Å². The van der Waals surface area contributed by atoms with Gasteiger partial charge in [0.15, 0.2) is 0 Å². The van der Waals surface area contributed by atoms with Gasteiger partial charge >= 0.3 is 0 Å². The van der Waals surface area contributed by atoms with Crippen molar-refractivity contribution in [1.82, 2.24) is 9.97 Å². The highest BCUT2D eigenvalue weighted by Crippen LogP contribution is 2.19. The van der Waals surface area contributed by atoms with E-state index in [0.717, 1.165) is 0 Å². The molecule has 5 nitrogen and oxygen atoms in total. The molecular formula is C11H10ClN3O2S. The summed E-state index contributed by atoms with van der Waals surface area (Å²) in [4.78, 5) is 7.81. The first-order valence-corrected chi connectivity index (χ1v) is 6.91. The van der Waals surface area contributed by atoms with Crippen LogP contribution in [0.3, 0.4) is 0 Å². The summed E-state index contributed by atoms with van der Waals surface area (Å²) < 4.78 is 26.6. The highest BCUT2D eigenvalue weighted by molar-refractivity contribution is 7.92. The van der Waals surface area contributed by atoms with Crippen LogP contribution in [-0.4, -0.2) is 18.4 Å². The van der Waals surface area contributed by atoms with Crippen LogP contribution in [-0.2, 0) is 10.0 Å². The molecule has 0 bridgehead atoms. The number of sulfonamides is 1. The lowest BCUT2D eigenvalue weighted by Crippen LogP contribution is -2.14. The molecule has 2 aromatic rings. The van der Waals surface area contributed by atoms with Crippen LogP contribution >= 0.6 is 11.6 Å². The van der Waals surface area contributed by atoms with Gasteiger partial charge in [-0.05, 0) is 31.2 Å². The Kier molecular flexibility index (Phi) is 3.49. The van der Waals surface area contributed by atoms with Crippen LogP contribution in [0.4, 0.5) is 5.69 Å². The maximum Gasteiger partial charge on any atom is 0.262 e. The molecule has 2 rings (SSSR count). The van der Waals surface area contributed by atoms with Crippen molar-refractivity contribution in [3.63, 3.8) is 0 Å². The lowest BCUT2D eigenvalue weighted by molar-refractivity contribution is 0.601. The molecule has 0 aliphatic carbocycles. The molecule has 0 aliphatic heterocycles. The maximum atomic E-state index is 12.1. The van der Waals surface area contributed by atoms with Crippen LogP contribution in [0, 0.1) is 6.92 Å². The molecule has 0 amide bonds. The van der Waals surface area contributed by atoms with E-state index in [1.54, 1.807) is 25.3 Å². The molecule has 0 saturated heterocycles. The van der Waals surface area contributed by atoms with Crippen LogP contribution in [0.15, 0.2) is 41.6 Å². The van der Waals surface area contributed by atoms with Gasteiger partial charge < -0.3 is 0 Å². The van der Waals surface area contributed by atoms with E-state index < -0.39 is 10.0 Å². The third kappa shape index (κ3) is 2.77. The van der Waals surface area contributed by atoms with Crippen molar-refractivity contribution in [3.8, 4) is 0 Å². The number of aryl methyl sites for hydroxylation is 1. The molecule has 1 N–H and O–H groups in total. The van der Waals surface area contributed by atoms with Gasteiger partial charge in [0, 0.05) is 12.4 Å². The molecule has 0 spiro atoms. The van der Waals surface area contributed by atoms with E-state index in [1.807, 2.05) is 0 Å². The Bertz CT molecular complexity index is 673. The SMILES string of the molecule is Cc1ncccc1NS(=O)(=O)c1ccnc(Cl)c1. The fourth-order valence-corrected chi connectivity index (χ4v) is 2.72. The summed E-state index contributed by atoms with van der Waals surface area (Å²) in [6.45, 7) is 1.72. The summed E-state index contributed by atoms with van der Waals surface area (Å²) in [5.74, 6) is 0. The predicted molar refractivity (Wildman–Crippen MR) is 69.0 cm³/mol. The van der Waals surface area contributed by atoms with Crippen molar-refractivity contribution in [2.45, 2.75) is 11.8 Å². The smallest absolute Gasteiger partial charge is 0.262 e. The zero-order valence-corrected chi connectivity index (χ0v) is 11.0. The first-order valence-electron chi connectivity index (χ1n) is 5.05. The standard InChI is InChI=1S/C11H10ClN3O2S/c1-8-10(3-2-5-13-8)15-18(16,17)9-4-6-14-11(12)7-9/h2-7,15H,1H3. The Morgan fingerprint density at radius 2 is 2.00 bits per heavy atom. The van der Waals surface area contributed by atoms with E-state index >= 15 is 0 Å². The topological polar surface area (TPSA) is 72.0 Å². The molecule has 94 valence electrons. The molecule has 0 fully saturated rings. The Morgan fingerprint density at radius 3 is 2.67 bits per heavy atom. The van der Waals surface area contributed by atoms with E-state index in [2.05, 4.69) is 14.7 Å². The van der Waals surface area contributed by atoms with Gasteiger partial charge in [-0.2, -0.15) is 0 Å². The number of anilines is 1. The van der Waals surface area contributed by atoms with Crippen molar-refractivity contribution < 1.29 is 8.42 Å². The highest BCUT2D eigenvalue weighted by atomic mass is 35.5. The first-order chi connectivity index (χ1) is 8.49. The minimum Gasteiger partial charge on any atom is -0.278 e. The molecule has 2 heterocycles. The van der Waals surface area contributed by atoms with Gasteiger partial charge in [0.1, 0.15) is 5.15 Å². The van der Waals surface area contributed by atoms with Gasteiger partial charge in [-0.3, -0.25) is 9.71 Å². The number of rotatable bonds is 3. The number of nitrogens with one attached hydrogen (secondary N) is 1. The fraction of sp³-hybridized carbons (Fsp3) is 0.0909. The minimum atomic E-state index is -3.67. The van der Waals surface area contributed by atoms with Crippen LogP contribution in [0.25, 0.3) is 0 Å². The van der Waals surface area contributed by atoms with Crippen LogP contribution < -0.4 is 4.72 Å². The number of pyridine rings is 2. The summed E-state index contributed by atoms with van der Waals surface area (Å²) in [5.41, 5.74) is 1.03. The van der Waals surface area contributed by atoms with E-state index in [9.17, 15) is 8.42 Å². The second-order valence-electron chi connectivity index (χ2n) is 3.56. The Hall–Kier alpha value is -1.66. The number of hydrogen-bond donors (Lipinski definition) is 1. The molecular weight excluding hydrogens is 274 g/mol. The third-order valence-electron chi connectivity index (χ3n) is 2.26. The van der Waals surface area contributed by atoms with Crippen LogP contribution in [0.5, 0.6) is 0 Å². The average Bonchev–Trinajstić information content (AvgIpc) is 2.32. The largest absolute Gasteiger partial charge is 0.278 e. The summed E-state index contributed by atoms with van der Waals surface area (Å²) in [6.07, 6.45) is 2.93. The lowest BCUT2D eigenvalue weighted by Gasteiger charge is -2.09. The van der Waals surface area contributed by atoms with Gasteiger partial charge in [-0.1, -0.05) is 11.6 Å². The predicted octanol–water partition coefficient (Wildman–Crippen LogP) is 2.24. The zero-order chi connectivity index (χ0) is 13.2. The summed E-state index contributed by atoms with van der Waals surface area (Å²) >= 11 is 5.67. The quantitative estimate of drug-likeness (QED) is 0.877. The van der Waals surface area contributed by atoms with Crippen molar-refractivity contribution in [2.75, 3.05) is 4.72 Å². The maximum absolute atomic E-state index is 12.1. The average molecular weight is 284 g/mol. The fourth-order valence-electron chi connectivity index (χ4n) is 1.35. The third-order valence-corrected chi connectivity index (χ3v) is 3.83. The molecule has 0 radical (unpaired) electrons. The molecule has 0 atom stereocenters. The van der Waals surface area contributed by atoms with E-state index in [-0.39, 0.29) is 10.0 Å². The van der Waals surface area contributed by atoms with Crippen LogP contribution in [0.1, 0.15) is 5.69 Å². The normalized spacial score (nSPS) is 11.2. The zero-order valence-electron chi connectivity index (χ0n) is 9.46. The molecule has 7 heteroatoms. The first kappa shape index (κ1) is 12.8. The number of hydrogen-bond acceptors (Lipinski definition) is 4. The summed E-state index contributed by atoms with van der Waals surface area (Å²) in [5, 5.41) is 0.126. The van der Waals surface area contributed by atoms with E-state index in [0.29, 0.717) is 11.4 Å². The number of nitrogens with zero attached hydrogens (tertiary/aromatic N) is 2. The molecule has 0 aliphatic rings. The second-order valence-corrected chi connectivity index (χ2v) is 5.63. The number of halogens is 1. The summed E-state index contributed by atoms with van der Waals surface area (Å²) in [7, 11) is -3.67. The second kappa shape index (κ2) is 4.91. The van der Waals surface area contributed by atoms with Gasteiger partial charge in [0.05, 0.1) is 16.3 Å². The van der Waals surface area contributed by atoms with Crippen molar-refractivity contribution in [1.29, 1.82) is 0 Å². The van der Waals surface area contributed by atoms with Gasteiger partial charge in [-0.25, -0.2) is 13.4 Å². The lowest BCUT2D eigenvalue weighted by atomic mass is 10.3. The molecule has 0 aromatic carbocycles. The Morgan fingerprint density at radius 1 is 1.22 bits per heavy atom. The van der Waals surface area contributed by atoms with E-state index in [4.69, 9.17) is 11.6 Å². The molecule has 0 unspecified atom stereocenters. The van der Waals surface area contributed by atoms with Gasteiger partial charge in [-0.15, -0.1) is 0 Å². The minimum absolute atomic E-state index is 0.0609. The van der Waals surface area contributed by atoms with Crippen LogP contribution in [0.2, 0.25) is 5.15 Å². The van der Waals surface area contributed by atoms with Crippen molar-refractivity contribution in [3.05, 3.63) is 47.5 Å². The molecule has 2 aromatic heterocycles. The molecule has 0 saturated carbocycles. The Labute approximate surface area is 110 Å². The number of aromatic nitrogens is 2. The van der Waals surface area contributed by atoms with Crippen molar-refractivity contribution in [2.24, 2.45) is 0 Å².